The van der Waals surface area contributed by atoms with E-state index in [-0.39, 0.29) is 11.4 Å². The molecule has 6 heteroatoms. The van der Waals surface area contributed by atoms with Crippen molar-refractivity contribution < 1.29 is 9.90 Å². The summed E-state index contributed by atoms with van der Waals surface area (Å²) in [5, 5.41) is 13.9. The predicted molar refractivity (Wildman–Crippen MR) is 91.0 cm³/mol. The predicted octanol–water partition coefficient (Wildman–Crippen LogP) is 2.40. The number of nitrogens with zero attached hydrogens (tertiary/aromatic N) is 3. The average molecular weight is 312 g/mol. The monoisotopic (exact) mass is 312 g/mol. The minimum atomic E-state index is -0.402. The Morgan fingerprint density at radius 2 is 2.09 bits per heavy atom. The Morgan fingerprint density at radius 3 is 2.70 bits per heavy atom. The van der Waals surface area contributed by atoms with Crippen molar-refractivity contribution in [3.8, 4) is 5.75 Å². The second-order valence-corrected chi connectivity index (χ2v) is 4.83. The lowest BCUT2D eigenvalue weighted by molar-refractivity contribution is 0.0950. The molecule has 0 saturated heterocycles. The third-order valence-electron chi connectivity index (χ3n) is 3.41. The third-order valence-corrected chi connectivity index (χ3v) is 3.41. The molecule has 0 radical (unpaired) electrons. The first kappa shape index (κ1) is 16.5. The summed E-state index contributed by atoms with van der Waals surface area (Å²) in [6, 6.07) is 10.4. The number of amides is 1. The molecule has 2 aromatic rings. The van der Waals surface area contributed by atoms with E-state index in [4.69, 9.17) is 0 Å². The molecule has 1 aromatic carbocycles. The number of aromatic hydroxyl groups is 1. The number of phenols is 1. The Balaban J connectivity index is 2.04. The summed E-state index contributed by atoms with van der Waals surface area (Å²) in [6.07, 6.45) is 2.94. The summed E-state index contributed by atoms with van der Waals surface area (Å²) in [7, 11) is 0. The number of nitrogens with one attached hydrogen (secondary N) is 1. The van der Waals surface area contributed by atoms with E-state index in [0.29, 0.717) is 5.56 Å². The fourth-order valence-corrected chi connectivity index (χ4v) is 2.14. The Hall–Kier alpha value is -2.89. The number of hydrogen-bond donors (Lipinski definition) is 2. The molecule has 0 fully saturated rings. The highest BCUT2D eigenvalue weighted by Gasteiger charge is 2.06. The SMILES string of the molecule is CCN(CC)c1ccc(/C=N/NC(=O)c2ccccn2)c(O)c1. The first-order chi connectivity index (χ1) is 11.2. The van der Waals surface area contributed by atoms with Crippen LogP contribution in [0.1, 0.15) is 29.9 Å². The zero-order valence-corrected chi connectivity index (χ0v) is 13.2. The first-order valence-corrected chi connectivity index (χ1v) is 7.48. The van der Waals surface area contributed by atoms with Gasteiger partial charge in [-0.25, -0.2) is 5.43 Å². The number of phenolic OH excluding ortho intramolecular Hbond substituents is 1. The maximum Gasteiger partial charge on any atom is 0.289 e. The molecule has 6 nitrogen and oxygen atoms in total. The molecule has 23 heavy (non-hydrogen) atoms. The van der Waals surface area contributed by atoms with Crippen molar-refractivity contribution in [1.82, 2.24) is 10.4 Å². The van der Waals surface area contributed by atoms with Crippen LogP contribution in [0, 0.1) is 0 Å². The van der Waals surface area contributed by atoms with Crippen LogP contribution in [0.4, 0.5) is 5.69 Å². The van der Waals surface area contributed by atoms with E-state index in [1.165, 1.54) is 12.4 Å². The molecule has 0 unspecified atom stereocenters. The molecule has 0 bridgehead atoms. The molecule has 1 aromatic heterocycles. The Morgan fingerprint density at radius 1 is 1.30 bits per heavy atom. The largest absolute Gasteiger partial charge is 0.507 e. The van der Waals surface area contributed by atoms with E-state index in [1.807, 2.05) is 6.07 Å². The summed E-state index contributed by atoms with van der Waals surface area (Å²) in [5.74, 6) is -0.286. The van der Waals surface area contributed by atoms with Gasteiger partial charge in [-0.15, -0.1) is 0 Å². The van der Waals surface area contributed by atoms with E-state index in [1.54, 1.807) is 30.3 Å². The molecule has 0 saturated carbocycles. The molecule has 2 rings (SSSR count). The second-order valence-electron chi connectivity index (χ2n) is 4.83. The molecule has 0 aliphatic heterocycles. The molecule has 1 amide bonds. The van der Waals surface area contributed by atoms with Gasteiger partial charge in [-0.1, -0.05) is 6.07 Å². The molecule has 0 atom stereocenters. The highest BCUT2D eigenvalue weighted by Crippen LogP contribution is 2.23. The zero-order valence-electron chi connectivity index (χ0n) is 13.2. The van der Waals surface area contributed by atoms with Gasteiger partial charge in [-0.2, -0.15) is 5.10 Å². The number of carbonyl (C=O) groups excluding carboxylic acids is 1. The lowest BCUT2D eigenvalue weighted by Crippen LogP contribution is -2.21. The maximum absolute atomic E-state index is 11.8. The average Bonchev–Trinajstić information content (AvgIpc) is 2.58. The summed E-state index contributed by atoms with van der Waals surface area (Å²) in [5.41, 5.74) is 4.14. The van der Waals surface area contributed by atoms with Crippen LogP contribution in [0.3, 0.4) is 0 Å². The molecule has 0 aliphatic carbocycles. The number of rotatable bonds is 6. The number of anilines is 1. The lowest BCUT2D eigenvalue weighted by Gasteiger charge is -2.21. The van der Waals surface area contributed by atoms with Crippen LogP contribution in [-0.4, -0.2) is 35.3 Å². The Bertz CT molecular complexity index is 682. The van der Waals surface area contributed by atoms with Crippen molar-refractivity contribution in [1.29, 1.82) is 0 Å². The van der Waals surface area contributed by atoms with Crippen LogP contribution < -0.4 is 10.3 Å². The van der Waals surface area contributed by atoms with E-state index in [0.717, 1.165) is 18.8 Å². The van der Waals surface area contributed by atoms with Crippen LogP contribution in [0.25, 0.3) is 0 Å². The zero-order chi connectivity index (χ0) is 16.7. The van der Waals surface area contributed by atoms with Gasteiger partial charge in [-0.3, -0.25) is 9.78 Å². The van der Waals surface area contributed by atoms with Crippen molar-refractivity contribution >= 4 is 17.8 Å². The molecule has 2 N–H and O–H groups in total. The van der Waals surface area contributed by atoms with Crippen LogP contribution in [0.15, 0.2) is 47.7 Å². The lowest BCUT2D eigenvalue weighted by atomic mass is 10.2. The van der Waals surface area contributed by atoms with Crippen LogP contribution in [-0.2, 0) is 0 Å². The first-order valence-electron chi connectivity index (χ1n) is 7.48. The van der Waals surface area contributed by atoms with Gasteiger partial charge >= 0.3 is 0 Å². The molecule has 1 heterocycles. The van der Waals surface area contributed by atoms with E-state index in [2.05, 4.69) is 34.3 Å². The van der Waals surface area contributed by atoms with E-state index >= 15 is 0 Å². The molecular formula is C17H20N4O2. The number of benzene rings is 1. The summed E-state index contributed by atoms with van der Waals surface area (Å²) in [4.78, 5) is 17.8. The number of hydrazone groups is 1. The Labute approximate surface area is 135 Å². The number of aromatic nitrogens is 1. The van der Waals surface area contributed by atoms with E-state index < -0.39 is 5.91 Å². The van der Waals surface area contributed by atoms with Gasteiger partial charge in [0.15, 0.2) is 0 Å². The number of carbonyl (C=O) groups is 1. The van der Waals surface area contributed by atoms with Gasteiger partial charge in [0.25, 0.3) is 5.91 Å². The summed E-state index contributed by atoms with van der Waals surface area (Å²) in [6.45, 7) is 5.85. The summed E-state index contributed by atoms with van der Waals surface area (Å²) >= 11 is 0. The molecular weight excluding hydrogens is 292 g/mol. The normalized spacial score (nSPS) is 10.7. The smallest absolute Gasteiger partial charge is 0.289 e. The minimum absolute atomic E-state index is 0.116. The highest BCUT2D eigenvalue weighted by molar-refractivity contribution is 5.93. The quantitative estimate of drug-likeness (QED) is 0.634. The van der Waals surface area contributed by atoms with Crippen molar-refractivity contribution in [2.75, 3.05) is 18.0 Å². The number of pyridine rings is 1. The fraction of sp³-hybridized carbons (Fsp3) is 0.235. The fourth-order valence-electron chi connectivity index (χ4n) is 2.14. The maximum atomic E-state index is 11.8. The third kappa shape index (κ3) is 4.29. The van der Waals surface area contributed by atoms with Crippen LogP contribution >= 0.6 is 0 Å². The van der Waals surface area contributed by atoms with Gasteiger partial charge in [0.05, 0.1) is 6.21 Å². The van der Waals surface area contributed by atoms with Crippen molar-refractivity contribution in [2.45, 2.75) is 13.8 Å². The van der Waals surface area contributed by atoms with Gasteiger partial charge in [-0.05, 0) is 38.1 Å². The van der Waals surface area contributed by atoms with Gasteiger partial charge in [0.2, 0.25) is 0 Å². The van der Waals surface area contributed by atoms with Crippen LogP contribution in [0.5, 0.6) is 5.75 Å². The van der Waals surface area contributed by atoms with Crippen molar-refractivity contribution in [2.24, 2.45) is 5.10 Å². The molecule has 0 spiro atoms. The van der Waals surface area contributed by atoms with Gasteiger partial charge in [0.1, 0.15) is 11.4 Å². The van der Waals surface area contributed by atoms with Gasteiger partial charge < -0.3 is 10.0 Å². The van der Waals surface area contributed by atoms with Crippen LogP contribution in [0.2, 0.25) is 0 Å². The Kier molecular flexibility index (Phi) is 5.68. The summed E-state index contributed by atoms with van der Waals surface area (Å²) < 4.78 is 0. The number of hydrogen-bond acceptors (Lipinski definition) is 5. The van der Waals surface area contributed by atoms with E-state index in [9.17, 15) is 9.90 Å². The molecule has 0 aliphatic rings. The second kappa shape index (κ2) is 7.93. The van der Waals surface area contributed by atoms with Crippen molar-refractivity contribution in [3.05, 3.63) is 53.9 Å². The standard InChI is InChI=1S/C17H20N4O2/c1-3-21(4-2)14-9-8-13(16(22)11-14)12-19-20-17(23)15-7-5-6-10-18-15/h5-12,22H,3-4H2,1-2H3,(H,20,23)/b19-12+. The minimum Gasteiger partial charge on any atom is -0.507 e. The van der Waals surface area contributed by atoms with Crippen molar-refractivity contribution in [3.63, 3.8) is 0 Å². The molecule has 120 valence electrons. The highest BCUT2D eigenvalue weighted by atomic mass is 16.3. The van der Waals surface area contributed by atoms with Gasteiger partial charge in [0, 0.05) is 36.6 Å². The topological polar surface area (TPSA) is 77.8 Å².